The summed E-state index contributed by atoms with van der Waals surface area (Å²) >= 11 is 1.80. The van der Waals surface area contributed by atoms with Gasteiger partial charge in [0, 0.05) is 0 Å². The van der Waals surface area contributed by atoms with E-state index in [0.717, 1.165) is 0 Å². The van der Waals surface area contributed by atoms with Crippen molar-refractivity contribution in [3.05, 3.63) is 34.8 Å². The van der Waals surface area contributed by atoms with Crippen LogP contribution in [0.2, 0.25) is 0 Å². The van der Waals surface area contributed by atoms with E-state index in [1.165, 1.54) is 10.5 Å². The summed E-state index contributed by atoms with van der Waals surface area (Å²) in [5.41, 5.74) is 1.35. The number of rotatable bonds is 1. The van der Waals surface area contributed by atoms with E-state index in [1.807, 2.05) is 0 Å². The van der Waals surface area contributed by atoms with Crippen LogP contribution in [0.5, 0.6) is 0 Å². The summed E-state index contributed by atoms with van der Waals surface area (Å²) in [4.78, 5) is 1.39. The summed E-state index contributed by atoms with van der Waals surface area (Å²) in [7, 11) is 0. The summed E-state index contributed by atoms with van der Waals surface area (Å²) in [5, 5.41) is 0. The Morgan fingerprint density at radius 2 is 1.89 bits per heavy atom. The van der Waals surface area contributed by atoms with Gasteiger partial charge >= 0.3 is 0 Å². The molecule has 0 aromatic rings. The third-order valence-electron chi connectivity index (χ3n) is 1.38. The summed E-state index contributed by atoms with van der Waals surface area (Å²) < 4.78 is 0. The molecular weight excluding hydrogens is 128 g/mol. The van der Waals surface area contributed by atoms with Gasteiger partial charge in [0.05, 0.1) is 0 Å². The number of hydrogen-bond acceptors (Lipinski definition) is 1. The molecule has 1 heteroatoms. The van der Waals surface area contributed by atoms with Crippen molar-refractivity contribution in [3.8, 4) is 0 Å². The molecule has 48 valence electrons. The van der Waals surface area contributed by atoms with Crippen LogP contribution in [0.3, 0.4) is 0 Å². The molecule has 0 nitrogen and oxygen atoms in total. The number of allylic oxidation sites excluding steroid dienone is 6. The van der Waals surface area contributed by atoms with Gasteiger partial charge in [-0.15, -0.1) is 11.8 Å². The van der Waals surface area contributed by atoms with Crippen LogP contribution in [-0.4, -0.2) is 6.26 Å². The third kappa shape index (κ3) is 1.49. The minimum absolute atomic E-state index is 1.35. The van der Waals surface area contributed by atoms with Gasteiger partial charge in [-0.25, -0.2) is 0 Å². The van der Waals surface area contributed by atoms with E-state index >= 15 is 0 Å². The third-order valence-corrected chi connectivity index (χ3v) is 2.22. The fourth-order valence-electron chi connectivity index (χ4n) is 0.727. The first kappa shape index (κ1) is 6.69. The lowest BCUT2D eigenvalue weighted by atomic mass is 10.3. The minimum Gasteiger partial charge on any atom is -0.134 e. The van der Waals surface area contributed by atoms with Gasteiger partial charge in [-0.2, -0.15) is 0 Å². The zero-order valence-corrected chi connectivity index (χ0v) is 6.53. The average Bonchev–Trinajstić information content (AvgIpc) is 2.37. The van der Waals surface area contributed by atoms with E-state index in [-0.39, 0.29) is 0 Å². The molecule has 0 atom stereocenters. The minimum atomic E-state index is 1.35. The van der Waals surface area contributed by atoms with E-state index in [2.05, 4.69) is 37.5 Å². The highest BCUT2D eigenvalue weighted by Crippen LogP contribution is 2.20. The lowest BCUT2D eigenvalue weighted by Crippen LogP contribution is -1.71. The zero-order valence-electron chi connectivity index (χ0n) is 5.72. The molecule has 0 N–H and O–H groups in total. The molecular formula is C8H10S. The van der Waals surface area contributed by atoms with Crippen molar-refractivity contribution in [1.29, 1.82) is 0 Å². The van der Waals surface area contributed by atoms with Crippen LogP contribution < -0.4 is 0 Å². The predicted molar refractivity (Wildman–Crippen MR) is 44.5 cm³/mol. The molecule has 0 amide bonds. The monoisotopic (exact) mass is 138 g/mol. The lowest BCUT2D eigenvalue weighted by Gasteiger charge is -1.95. The molecule has 0 fully saturated rings. The van der Waals surface area contributed by atoms with Crippen molar-refractivity contribution in [2.75, 3.05) is 6.26 Å². The Balaban J connectivity index is 2.81. The van der Waals surface area contributed by atoms with Crippen molar-refractivity contribution in [2.45, 2.75) is 6.92 Å². The van der Waals surface area contributed by atoms with Gasteiger partial charge in [0.1, 0.15) is 0 Å². The summed E-state index contributed by atoms with van der Waals surface area (Å²) in [6, 6.07) is 0. The highest BCUT2D eigenvalue weighted by Gasteiger charge is 1.95. The smallest absolute Gasteiger partial charge is 0.0114 e. The standard InChI is InChI=1S/C8H10S/c1-7(9-2)8-5-3-4-6-8/h3-6H,1-2H3. The summed E-state index contributed by atoms with van der Waals surface area (Å²) in [6.07, 6.45) is 10.5. The Kier molecular flexibility index (Phi) is 2.17. The fourth-order valence-corrected chi connectivity index (χ4v) is 1.10. The molecule has 9 heavy (non-hydrogen) atoms. The van der Waals surface area contributed by atoms with Gasteiger partial charge < -0.3 is 0 Å². The lowest BCUT2D eigenvalue weighted by molar-refractivity contribution is 1.59. The molecule has 0 saturated carbocycles. The number of thioether (sulfide) groups is 1. The van der Waals surface area contributed by atoms with Gasteiger partial charge in [0.2, 0.25) is 0 Å². The normalized spacial score (nSPS) is 15.1. The molecule has 0 heterocycles. The predicted octanol–water partition coefficient (Wildman–Crippen LogP) is 2.75. The SMILES string of the molecule is CSC(C)=C1C=CC=C1. The second kappa shape index (κ2) is 2.92. The molecule has 0 radical (unpaired) electrons. The van der Waals surface area contributed by atoms with Crippen LogP contribution in [0.25, 0.3) is 0 Å². The Morgan fingerprint density at radius 1 is 1.33 bits per heavy atom. The Bertz CT molecular complexity index is 171. The van der Waals surface area contributed by atoms with Crippen LogP contribution >= 0.6 is 11.8 Å². The highest BCUT2D eigenvalue weighted by molar-refractivity contribution is 8.02. The molecule has 0 aromatic carbocycles. The van der Waals surface area contributed by atoms with E-state index < -0.39 is 0 Å². The van der Waals surface area contributed by atoms with Gasteiger partial charge in [-0.1, -0.05) is 24.3 Å². The van der Waals surface area contributed by atoms with Crippen molar-refractivity contribution >= 4 is 11.8 Å². The molecule has 0 aliphatic heterocycles. The first-order chi connectivity index (χ1) is 4.34. The molecule has 1 aliphatic rings. The quantitative estimate of drug-likeness (QED) is 0.537. The van der Waals surface area contributed by atoms with Crippen molar-refractivity contribution in [3.63, 3.8) is 0 Å². The fraction of sp³-hybridized carbons (Fsp3) is 0.250. The molecule has 0 saturated heterocycles. The molecule has 1 aliphatic carbocycles. The van der Waals surface area contributed by atoms with E-state index in [0.29, 0.717) is 0 Å². The van der Waals surface area contributed by atoms with Crippen molar-refractivity contribution < 1.29 is 0 Å². The largest absolute Gasteiger partial charge is 0.134 e. The first-order valence-corrected chi connectivity index (χ1v) is 4.16. The summed E-state index contributed by atoms with van der Waals surface area (Å²) in [5.74, 6) is 0. The van der Waals surface area contributed by atoms with E-state index in [1.54, 1.807) is 11.8 Å². The van der Waals surface area contributed by atoms with Gasteiger partial charge in [-0.05, 0) is 23.7 Å². The molecule has 0 spiro atoms. The number of hydrogen-bond donors (Lipinski definition) is 0. The Morgan fingerprint density at radius 3 is 2.33 bits per heavy atom. The highest BCUT2D eigenvalue weighted by atomic mass is 32.2. The van der Waals surface area contributed by atoms with Crippen molar-refractivity contribution in [2.24, 2.45) is 0 Å². The molecule has 0 bridgehead atoms. The van der Waals surface area contributed by atoms with Crippen LogP contribution in [-0.2, 0) is 0 Å². The van der Waals surface area contributed by atoms with Crippen LogP contribution in [0.4, 0.5) is 0 Å². The average molecular weight is 138 g/mol. The Hall–Kier alpha value is -0.430. The zero-order chi connectivity index (χ0) is 6.69. The maximum Gasteiger partial charge on any atom is -0.0114 e. The van der Waals surface area contributed by atoms with E-state index in [9.17, 15) is 0 Å². The first-order valence-electron chi connectivity index (χ1n) is 2.94. The van der Waals surface area contributed by atoms with Crippen LogP contribution in [0.15, 0.2) is 34.8 Å². The Labute approximate surface area is 60.3 Å². The van der Waals surface area contributed by atoms with E-state index in [4.69, 9.17) is 0 Å². The second-order valence-electron chi connectivity index (χ2n) is 1.93. The summed E-state index contributed by atoms with van der Waals surface area (Å²) in [6.45, 7) is 2.14. The van der Waals surface area contributed by atoms with Crippen molar-refractivity contribution in [1.82, 2.24) is 0 Å². The van der Waals surface area contributed by atoms with Crippen LogP contribution in [0, 0.1) is 0 Å². The molecule has 1 rings (SSSR count). The maximum absolute atomic E-state index is 2.14. The van der Waals surface area contributed by atoms with Crippen LogP contribution in [0.1, 0.15) is 6.92 Å². The second-order valence-corrected chi connectivity index (χ2v) is 2.95. The maximum atomic E-state index is 2.14. The van der Waals surface area contributed by atoms with Gasteiger partial charge in [0.15, 0.2) is 0 Å². The molecule has 0 aromatic heterocycles. The molecule has 0 unspecified atom stereocenters. The topological polar surface area (TPSA) is 0 Å². The van der Waals surface area contributed by atoms with Gasteiger partial charge in [-0.3, -0.25) is 0 Å². The van der Waals surface area contributed by atoms with Gasteiger partial charge in [0.25, 0.3) is 0 Å².